The van der Waals surface area contributed by atoms with Crippen LogP contribution in [0.15, 0.2) is 12.1 Å². The van der Waals surface area contributed by atoms with Crippen molar-refractivity contribution in [3.63, 3.8) is 0 Å². The molecule has 0 radical (unpaired) electrons. The lowest BCUT2D eigenvalue weighted by molar-refractivity contribution is -0.122. The van der Waals surface area contributed by atoms with Crippen molar-refractivity contribution >= 4 is 17.5 Å². The van der Waals surface area contributed by atoms with Gasteiger partial charge in [0.2, 0.25) is 5.91 Å². The molecule has 22 heavy (non-hydrogen) atoms. The molecule has 0 fully saturated rings. The molecule has 0 saturated heterocycles. The summed E-state index contributed by atoms with van der Waals surface area (Å²) in [5.41, 5.74) is 3.14. The van der Waals surface area contributed by atoms with E-state index in [2.05, 4.69) is 30.5 Å². The largest absolute Gasteiger partial charge is 0.479 e. The lowest BCUT2D eigenvalue weighted by Gasteiger charge is -2.27. The first-order chi connectivity index (χ1) is 10.4. The Hall–Kier alpha value is -2.04. The van der Waals surface area contributed by atoms with Gasteiger partial charge in [0, 0.05) is 19.4 Å². The van der Waals surface area contributed by atoms with Crippen LogP contribution in [0, 0.1) is 5.92 Å². The molecule has 4 atom stereocenters. The van der Waals surface area contributed by atoms with Crippen LogP contribution in [0.1, 0.15) is 50.7 Å². The number of benzene rings is 1. The van der Waals surface area contributed by atoms with Crippen molar-refractivity contribution < 1.29 is 14.3 Å². The lowest BCUT2D eigenvalue weighted by Crippen LogP contribution is -2.35. The van der Waals surface area contributed by atoms with Gasteiger partial charge in [-0.2, -0.15) is 0 Å². The maximum atomic E-state index is 12.0. The molecule has 1 heterocycles. The molecule has 1 aliphatic carbocycles. The Morgan fingerprint density at radius 1 is 1.32 bits per heavy atom. The van der Waals surface area contributed by atoms with E-state index < -0.39 is 6.10 Å². The maximum Gasteiger partial charge on any atom is 0.265 e. The number of carbonyl (C=O) groups is 2. The number of fused-ring (bicyclic) bond motifs is 3. The first-order valence-corrected chi connectivity index (χ1v) is 7.79. The SMILES string of the molecule is CC(=O)NCC1c2c(ccc3c2NC(=O)C(C)O3)C(C)C1C. The highest BCUT2D eigenvalue weighted by molar-refractivity contribution is 5.99. The second kappa shape index (κ2) is 5.30. The highest BCUT2D eigenvalue weighted by Crippen LogP contribution is 2.52. The molecule has 0 bridgehead atoms. The van der Waals surface area contributed by atoms with Crippen molar-refractivity contribution in [1.82, 2.24) is 5.32 Å². The number of hydrogen-bond acceptors (Lipinski definition) is 3. The summed E-state index contributed by atoms with van der Waals surface area (Å²) in [6.45, 7) is 8.23. The number of carbonyl (C=O) groups excluding carboxylic acids is 2. The maximum absolute atomic E-state index is 12.0. The van der Waals surface area contributed by atoms with Crippen LogP contribution in [0.4, 0.5) is 5.69 Å². The first-order valence-electron chi connectivity index (χ1n) is 7.79. The van der Waals surface area contributed by atoms with E-state index in [1.165, 1.54) is 12.5 Å². The molecule has 0 aromatic heterocycles. The Morgan fingerprint density at radius 2 is 2.05 bits per heavy atom. The van der Waals surface area contributed by atoms with Crippen LogP contribution in [0.3, 0.4) is 0 Å². The van der Waals surface area contributed by atoms with Crippen LogP contribution in [-0.4, -0.2) is 24.5 Å². The average Bonchev–Trinajstić information content (AvgIpc) is 2.71. The van der Waals surface area contributed by atoms with Gasteiger partial charge in [-0.05, 0) is 36.0 Å². The molecule has 0 spiro atoms. The third-order valence-electron chi connectivity index (χ3n) is 5.02. The van der Waals surface area contributed by atoms with Gasteiger partial charge in [0.1, 0.15) is 5.75 Å². The molecular formula is C17H22N2O3. The van der Waals surface area contributed by atoms with Crippen LogP contribution in [0.2, 0.25) is 0 Å². The number of amides is 2. The van der Waals surface area contributed by atoms with Gasteiger partial charge >= 0.3 is 0 Å². The zero-order valence-corrected chi connectivity index (χ0v) is 13.4. The molecule has 1 aromatic rings. The second-order valence-electron chi connectivity index (χ2n) is 6.38. The van der Waals surface area contributed by atoms with Gasteiger partial charge in [-0.1, -0.05) is 19.9 Å². The van der Waals surface area contributed by atoms with Crippen LogP contribution in [-0.2, 0) is 9.59 Å². The molecule has 1 aliphatic heterocycles. The van der Waals surface area contributed by atoms with Crippen molar-refractivity contribution in [2.75, 3.05) is 11.9 Å². The van der Waals surface area contributed by atoms with E-state index in [0.29, 0.717) is 18.4 Å². The summed E-state index contributed by atoms with van der Waals surface area (Å²) in [5.74, 6) is 1.53. The summed E-state index contributed by atoms with van der Waals surface area (Å²) in [4.78, 5) is 23.3. The van der Waals surface area contributed by atoms with Crippen LogP contribution in [0.25, 0.3) is 0 Å². The molecule has 3 rings (SSSR count). The van der Waals surface area contributed by atoms with Gasteiger partial charge in [0.25, 0.3) is 5.91 Å². The van der Waals surface area contributed by atoms with Crippen LogP contribution in [0.5, 0.6) is 5.75 Å². The Kier molecular flexibility index (Phi) is 3.59. The predicted octanol–water partition coefficient (Wildman–Crippen LogP) is 2.38. The van der Waals surface area contributed by atoms with E-state index in [-0.39, 0.29) is 17.7 Å². The molecule has 4 unspecified atom stereocenters. The number of nitrogens with one attached hydrogen (secondary N) is 2. The Morgan fingerprint density at radius 3 is 2.73 bits per heavy atom. The molecule has 0 saturated carbocycles. The van der Waals surface area contributed by atoms with Crippen LogP contribution < -0.4 is 15.4 Å². The minimum Gasteiger partial charge on any atom is -0.479 e. The topological polar surface area (TPSA) is 67.4 Å². The van der Waals surface area contributed by atoms with Gasteiger partial charge in [-0.3, -0.25) is 9.59 Å². The minimum atomic E-state index is -0.476. The first kappa shape index (κ1) is 14.9. The highest BCUT2D eigenvalue weighted by atomic mass is 16.5. The van der Waals surface area contributed by atoms with Gasteiger partial charge in [0.05, 0.1) is 5.69 Å². The summed E-state index contributed by atoms with van der Waals surface area (Å²) in [5, 5.41) is 5.91. The fraction of sp³-hybridized carbons (Fsp3) is 0.529. The summed E-state index contributed by atoms with van der Waals surface area (Å²) in [6, 6.07) is 4.03. The fourth-order valence-electron chi connectivity index (χ4n) is 3.54. The number of rotatable bonds is 2. The zero-order valence-electron chi connectivity index (χ0n) is 13.4. The van der Waals surface area contributed by atoms with Crippen molar-refractivity contribution in [2.45, 2.75) is 45.6 Å². The molecule has 5 nitrogen and oxygen atoms in total. The Balaban J connectivity index is 2.04. The van der Waals surface area contributed by atoms with Crippen molar-refractivity contribution in [2.24, 2.45) is 5.92 Å². The van der Waals surface area contributed by atoms with E-state index in [1.807, 2.05) is 6.07 Å². The van der Waals surface area contributed by atoms with Crippen molar-refractivity contribution in [3.05, 3.63) is 23.3 Å². The number of anilines is 1. The molecule has 2 amide bonds. The lowest BCUT2D eigenvalue weighted by atomic mass is 9.89. The van der Waals surface area contributed by atoms with Gasteiger partial charge in [0.15, 0.2) is 6.10 Å². The number of ether oxygens (including phenoxy) is 1. The normalized spacial score (nSPS) is 29.2. The Bertz CT molecular complexity index is 641. The monoisotopic (exact) mass is 302 g/mol. The Labute approximate surface area is 130 Å². The van der Waals surface area contributed by atoms with Crippen molar-refractivity contribution in [1.29, 1.82) is 0 Å². The smallest absolute Gasteiger partial charge is 0.265 e. The molecule has 2 N–H and O–H groups in total. The van der Waals surface area contributed by atoms with Gasteiger partial charge in [-0.25, -0.2) is 0 Å². The highest BCUT2D eigenvalue weighted by Gasteiger charge is 2.40. The molecule has 1 aromatic carbocycles. The minimum absolute atomic E-state index is 0.0352. The van der Waals surface area contributed by atoms with Gasteiger partial charge in [-0.15, -0.1) is 0 Å². The quantitative estimate of drug-likeness (QED) is 0.881. The van der Waals surface area contributed by atoms with Gasteiger partial charge < -0.3 is 15.4 Å². The third-order valence-corrected chi connectivity index (χ3v) is 5.02. The number of hydrogen-bond donors (Lipinski definition) is 2. The summed E-state index contributed by atoms with van der Waals surface area (Å²) in [6.07, 6.45) is -0.476. The second-order valence-corrected chi connectivity index (χ2v) is 6.38. The van der Waals surface area contributed by atoms with E-state index in [4.69, 9.17) is 4.74 Å². The van der Waals surface area contributed by atoms with E-state index >= 15 is 0 Å². The molecular weight excluding hydrogens is 280 g/mol. The van der Waals surface area contributed by atoms with E-state index in [1.54, 1.807) is 6.92 Å². The molecule has 118 valence electrons. The zero-order chi connectivity index (χ0) is 16.0. The van der Waals surface area contributed by atoms with E-state index in [9.17, 15) is 9.59 Å². The standard InChI is InChI=1S/C17H22N2O3/c1-8-9(2)13(7-18-11(4)20)15-12(8)5-6-14-16(15)19-17(21)10(3)22-14/h5-6,8-10,13H,7H2,1-4H3,(H,18,20)(H,19,21). The molecule has 5 heteroatoms. The van der Waals surface area contributed by atoms with Crippen molar-refractivity contribution in [3.8, 4) is 5.75 Å². The summed E-state index contributed by atoms with van der Waals surface area (Å²) >= 11 is 0. The molecule has 2 aliphatic rings. The average molecular weight is 302 g/mol. The van der Waals surface area contributed by atoms with Crippen LogP contribution >= 0.6 is 0 Å². The van der Waals surface area contributed by atoms with E-state index in [0.717, 1.165) is 17.0 Å². The summed E-state index contributed by atoms with van der Waals surface area (Å²) in [7, 11) is 0. The summed E-state index contributed by atoms with van der Waals surface area (Å²) < 4.78 is 5.71. The third kappa shape index (κ3) is 2.25. The fourth-order valence-corrected chi connectivity index (χ4v) is 3.54. The predicted molar refractivity (Wildman–Crippen MR) is 84.2 cm³/mol.